The number of carboxylic acid groups (broad SMARTS) is 1. The summed E-state index contributed by atoms with van der Waals surface area (Å²) >= 11 is 0. The van der Waals surface area contributed by atoms with Crippen LogP contribution in [0.2, 0.25) is 0 Å². The molecule has 1 aromatic rings. The Labute approximate surface area is 129 Å². The van der Waals surface area contributed by atoms with Crippen LogP contribution in [0.3, 0.4) is 0 Å². The van der Waals surface area contributed by atoms with Gasteiger partial charge in [0.2, 0.25) is 0 Å². The van der Waals surface area contributed by atoms with Gasteiger partial charge in [-0.15, -0.1) is 0 Å². The zero-order valence-corrected chi connectivity index (χ0v) is 12.8. The van der Waals surface area contributed by atoms with Gasteiger partial charge in [-0.3, -0.25) is 9.48 Å². The van der Waals surface area contributed by atoms with Gasteiger partial charge in [-0.25, -0.2) is 4.79 Å². The Morgan fingerprint density at radius 3 is 2.59 bits per heavy atom. The number of hydrogen-bond acceptors (Lipinski definition) is 3. The molecule has 1 aromatic heterocycles. The van der Waals surface area contributed by atoms with Gasteiger partial charge < -0.3 is 10.4 Å². The van der Waals surface area contributed by atoms with Gasteiger partial charge in [0.05, 0.1) is 0 Å². The van der Waals surface area contributed by atoms with Gasteiger partial charge in [-0.2, -0.15) is 5.10 Å². The molecule has 6 nitrogen and oxygen atoms in total. The summed E-state index contributed by atoms with van der Waals surface area (Å²) in [6, 6.07) is 1.67. The highest BCUT2D eigenvalue weighted by Gasteiger charge is 2.41. The van der Waals surface area contributed by atoms with Crippen LogP contribution in [-0.2, 0) is 11.3 Å². The van der Waals surface area contributed by atoms with Crippen LogP contribution in [0.25, 0.3) is 0 Å². The number of carboxylic acids is 1. The smallest absolute Gasteiger partial charge is 0.329 e. The van der Waals surface area contributed by atoms with Gasteiger partial charge in [0.15, 0.2) is 0 Å². The third-order valence-electron chi connectivity index (χ3n) is 5.07. The summed E-state index contributed by atoms with van der Waals surface area (Å²) in [6.45, 7) is 0.746. The molecule has 22 heavy (non-hydrogen) atoms. The fourth-order valence-corrected chi connectivity index (χ4v) is 3.42. The number of carbonyl (C=O) groups excluding carboxylic acids is 1. The fraction of sp³-hybridized carbons (Fsp3) is 0.688. The van der Waals surface area contributed by atoms with Crippen molar-refractivity contribution in [2.75, 3.05) is 0 Å². The molecule has 0 spiro atoms. The lowest BCUT2D eigenvalue weighted by Crippen LogP contribution is -2.55. The molecule has 3 rings (SSSR count). The molecule has 0 aliphatic heterocycles. The summed E-state index contributed by atoms with van der Waals surface area (Å²) in [7, 11) is 0. The molecule has 0 bridgehead atoms. The predicted molar refractivity (Wildman–Crippen MR) is 80.5 cm³/mol. The molecule has 2 aliphatic carbocycles. The number of aromatic nitrogens is 2. The highest BCUT2D eigenvalue weighted by atomic mass is 16.4. The van der Waals surface area contributed by atoms with E-state index in [1.54, 1.807) is 16.9 Å². The first-order valence-corrected chi connectivity index (χ1v) is 8.18. The van der Waals surface area contributed by atoms with E-state index in [4.69, 9.17) is 0 Å². The number of aliphatic carboxylic acids is 1. The van der Waals surface area contributed by atoms with E-state index in [-0.39, 0.29) is 5.91 Å². The van der Waals surface area contributed by atoms with Crippen LogP contribution in [0.5, 0.6) is 0 Å². The number of amides is 1. The molecule has 0 radical (unpaired) electrons. The third kappa shape index (κ3) is 2.87. The first-order chi connectivity index (χ1) is 10.6. The molecule has 120 valence electrons. The summed E-state index contributed by atoms with van der Waals surface area (Å²) < 4.78 is 1.72. The lowest BCUT2D eigenvalue weighted by Gasteiger charge is -2.34. The summed E-state index contributed by atoms with van der Waals surface area (Å²) in [5.41, 5.74) is -0.640. The molecule has 1 heterocycles. The zero-order chi connectivity index (χ0) is 15.6. The minimum absolute atomic E-state index is 0.318. The van der Waals surface area contributed by atoms with E-state index >= 15 is 0 Å². The normalized spacial score (nSPS) is 21.1. The van der Waals surface area contributed by atoms with Crippen molar-refractivity contribution in [3.05, 3.63) is 18.0 Å². The second kappa shape index (κ2) is 6.10. The fourth-order valence-electron chi connectivity index (χ4n) is 3.42. The van der Waals surface area contributed by atoms with E-state index in [1.807, 2.05) is 0 Å². The minimum atomic E-state index is -1.11. The standard InChI is InChI=1S/C16H23N3O3/c20-14(18-16(15(21)22)8-2-1-3-9-16)13-7-10-17-19(13)11-12-5-4-6-12/h7,10,12H,1-6,8-9,11H2,(H,18,20)(H,21,22). The molecule has 0 aromatic carbocycles. The van der Waals surface area contributed by atoms with E-state index in [0.29, 0.717) is 24.5 Å². The molecule has 0 atom stereocenters. The first-order valence-electron chi connectivity index (χ1n) is 8.18. The van der Waals surface area contributed by atoms with Crippen LogP contribution in [0.15, 0.2) is 12.3 Å². The van der Waals surface area contributed by atoms with Crippen molar-refractivity contribution in [1.29, 1.82) is 0 Å². The van der Waals surface area contributed by atoms with Gasteiger partial charge in [0, 0.05) is 12.7 Å². The highest BCUT2D eigenvalue weighted by Crippen LogP contribution is 2.30. The van der Waals surface area contributed by atoms with Crippen molar-refractivity contribution in [3.8, 4) is 0 Å². The van der Waals surface area contributed by atoms with Gasteiger partial charge in [0.25, 0.3) is 5.91 Å². The Bertz CT molecular complexity index is 557. The van der Waals surface area contributed by atoms with Crippen molar-refractivity contribution in [2.45, 2.75) is 63.5 Å². The first kappa shape index (κ1) is 15.1. The Balaban J connectivity index is 1.73. The van der Waals surface area contributed by atoms with E-state index in [9.17, 15) is 14.7 Å². The number of hydrogen-bond donors (Lipinski definition) is 2. The largest absolute Gasteiger partial charge is 0.480 e. The van der Waals surface area contributed by atoms with Crippen LogP contribution in [-0.4, -0.2) is 32.3 Å². The summed E-state index contributed by atoms with van der Waals surface area (Å²) in [4.78, 5) is 24.2. The molecule has 2 N–H and O–H groups in total. The van der Waals surface area contributed by atoms with Crippen LogP contribution in [0, 0.1) is 5.92 Å². The number of rotatable bonds is 5. The molecular weight excluding hydrogens is 282 g/mol. The van der Waals surface area contributed by atoms with E-state index in [1.165, 1.54) is 19.3 Å². The van der Waals surface area contributed by atoms with Crippen molar-refractivity contribution in [1.82, 2.24) is 15.1 Å². The average Bonchev–Trinajstić information content (AvgIpc) is 2.92. The molecule has 0 saturated heterocycles. The summed E-state index contributed by atoms with van der Waals surface area (Å²) in [5, 5.41) is 16.6. The zero-order valence-electron chi connectivity index (χ0n) is 12.8. The van der Waals surface area contributed by atoms with E-state index in [0.717, 1.165) is 25.8 Å². The summed E-state index contributed by atoms with van der Waals surface area (Å²) in [5.74, 6) is -0.652. The number of carbonyl (C=O) groups is 2. The molecular formula is C16H23N3O3. The Kier molecular flexibility index (Phi) is 4.18. The molecule has 0 unspecified atom stereocenters. The maximum absolute atomic E-state index is 12.6. The number of nitrogens with zero attached hydrogens (tertiary/aromatic N) is 2. The Morgan fingerprint density at radius 1 is 1.27 bits per heavy atom. The molecule has 2 aliphatic rings. The summed E-state index contributed by atoms with van der Waals surface area (Å²) in [6.07, 6.45) is 8.94. The maximum atomic E-state index is 12.6. The second-order valence-corrected chi connectivity index (χ2v) is 6.60. The van der Waals surface area contributed by atoms with Gasteiger partial charge in [0.1, 0.15) is 11.2 Å². The lowest BCUT2D eigenvalue weighted by atomic mass is 9.81. The number of nitrogens with one attached hydrogen (secondary N) is 1. The second-order valence-electron chi connectivity index (χ2n) is 6.60. The van der Waals surface area contributed by atoms with Crippen LogP contribution in [0.4, 0.5) is 0 Å². The molecule has 6 heteroatoms. The minimum Gasteiger partial charge on any atom is -0.480 e. The third-order valence-corrected chi connectivity index (χ3v) is 5.07. The Morgan fingerprint density at radius 2 is 2.00 bits per heavy atom. The molecule has 2 saturated carbocycles. The van der Waals surface area contributed by atoms with Gasteiger partial charge in [-0.05, 0) is 37.7 Å². The van der Waals surface area contributed by atoms with Gasteiger partial charge in [-0.1, -0.05) is 25.7 Å². The van der Waals surface area contributed by atoms with Crippen LogP contribution >= 0.6 is 0 Å². The van der Waals surface area contributed by atoms with Crippen LogP contribution < -0.4 is 5.32 Å². The monoisotopic (exact) mass is 305 g/mol. The van der Waals surface area contributed by atoms with Gasteiger partial charge >= 0.3 is 5.97 Å². The van der Waals surface area contributed by atoms with Crippen LogP contribution in [0.1, 0.15) is 61.9 Å². The van der Waals surface area contributed by atoms with Crippen molar-refractivity contribution in [2.24, 2.45) is 5.92 Å². The average molecular weight is 305 g/mol. The van der Waals surface area contributed by atoms with Crippen molar-refractivity contribution in [3.63, 3.8) is 0 Å². The molecule has 1 amide bonds. The van der Waals surface area contributed by atoms with E-state index < -0.39 is 11.5 Å². The lowest BCUT2D eigenvalue weighted by molar-refractivity contribution is -0.145. The molecule has 2 fully saturated rings. The maximum Gasteiger partial charge on any atom is 0.329 e. The van der Waals surface area contributed by atoms with E-state index in [2.05, 4.69) is 10.4 Å². The Hall–Kier alpha value is -1.85. The topological polar surface area (TPSA) is 84.2 Å². The quantitative estimate of drug-likeness (QED) is 0.873. The van der Waals surface area contributed by atoms with Crippen molar-refractivity contribution < 1.29 is 14.7 Å². The van der Waals surface area contributed by atoms with Crippen molar-refractivity contribution >= 4 is 11.9 Å². The SMILES string of the molecule is O=C(NC1(C(=O)O)CCCCC1)c1ccnn1CC1CCC1. The predicted octanol–water partition coefficient (Wildman–Crippen LogP) is 2.20. The highest BCUT2D eigenvalue weighted by molar-refractivity contribution is 5.96.